The van der Waals surface area contributed by atoms with Crippen molar-refractivity contribution in [1.82, 2.24) is 9.97 Å². The Hall–Kier alpha value is -2.81. The van der Waals surface area contributed by atoms with E-state index in [0.29, 0.717) is 5.82 Å². The molecule has 0 bridgehead atoms. The molecule has 8 nitrogen and oxygen atoms in total. The first-order valence-electron chi connectivity index (χ1n) is 5.44. The lowest BCUT2D eigenvalue weighted by molar-refractivity contribution is -0.385. The predicted molar refractivity (Wildman–Crippen MR) is 67.7 cm³/mol. The number of nitrogen functional groups attached to an aromatic ring is 1. The molecule has 0 aliphatic heterocycles. The number of aromatic nitrogens is 2. The maximum Gasteiger partial charge on any atom is 0.314 e. The molecule has 2 aromatic rings. The summed E-state index contributed by atoms with van der Waals surface area (Å²) in [5.41, 5.74) is 1.79. The molecule has 0 saturated carbocycles. The van der Waals surface area contributed by atoms with Crippen LogP contribution in [0.15, 0.2) is 24.3 Å². The average Bonchev–Trinajstić information content (AvgIpc) is 2.40. The lowest BCUT2D eigenvalue weighted by Gasteiger charge is -2.08. The van der Waals surface area contributed by atoms with Crippen molar-refractivity contribution >= 4 is 11.5 Å². The summed E-state index contributed by atoms with van der Waals surface area (Å²) >= 11 is 0. The van der Waals surface area contributed by atoms with Crippen molar-refractivity contribution in [2.24, 2.45) is 5.84 Å². The number of ether oxygens (including phenoxy) is 1. The van der Waals surface area contributed by atoms with Crippen molar-refractivity contribution in [2.75, 3.05) is 5.43 Å². The zero-order chi connectivity index (χ0) is 14.7. The molecule has 0 unspecified atom stereocenters. The summed E-state index contributed by atoms with van der Waals surface area (Å²) in [5.74, 6) is 4.33. The number of nitrogens with one attached hydrogen (secondary N) is 1. The summed E-state index contributed by atoms with van der Waals surface area (Å²) in [6.07, 6.45) is 0. The van der Waals surface area contributed by atoms with Crippen LogP contribution in [0.2, 0.25) is 0 Å². The zero-order valence-corrected chi connectivity index (χ0v) is 10.3. The van der Waals surface area contributed by atoms with Gasteiger partial charge in [0.25, 0.3) is 0 Å². The number of halogens is 1. The molecule has 104 valence electrons. The molecule has 0 atom stereocenters. The number of hydrogen-bond donors (Lipinski definition) is 2. The first kappa shape index (κ1) is 13.6. The molecule has 0 amide bonds. The number of benzene rings is 1. The molecule has 1 heterocycles. The van der Waals surface area contributed by atoms with E-state index in [-0.39, 0.29) is 11.7 Å². The number of nitro benzene ring substituents is 1. The van der Waals surface area contributed by atoms with Crippen molar-refractivity contribution in [2.45, 2.75) is 6.92 Å². The normalized spacial score (nSPS) is 10.2. The van der Waals surface area contributed by atoms with Crippen LogP contribution in [0.25, 0.3) is 0 Å². The van der Waals surface area contributed by atoms with E-state index < -0.39 is 22.2 Å². The number of nitrogens with two attached hydrogens (primary N) is 1. The Morgan fingerprint density at radius 3 is 2.85 bits per heavy atom. The van der Waals surface area contributed by atoms with Gasteiger partial charge in [-0.05, 0) is 13.0 Å². The van der Waals surface area contributed by atoms with Gasteiger partial charge < -0.3 is 10.2 Å². The summed E-state index contributed by atoms with van der Waals surface area (Å²) in [4.78, 5) is 17.9. The van der Waals surface area contributed by atoms with Crippen LogP contribution in [0.1, 0.15) is 5.82 Å². The number of aryl methyl sites for hydroxylation is 1. The number of nitrogens with zero attached hydrogens (tertiary/aromatic N) is 3. The van der Waals surface area contributed by atoms with Crippen LogP contribution < -0.4 is 16.0 Å². The van der Waals surface area contributed by atoms with Gasteiger partial charge in [0, 0.05) is 12.1 Å². The Bertz CT molecular complexity index is 665. The third kappa shape index (κ3) is 2.78. The molecule has 9 heteroatoms. The zero-order valence-electron chi connectivity index (χ0n) is 10.3. The summed E-state index contributed by atoms with van der Waals surface area (Å²) in [6.45, 7) is 1.57. The minimum Gasteiger partial charge on any atom is -0.428 e. The van der Waals surface area contributed by atoms with E-state index in [1.807, 2.05) is 0 Å². The minimum atomic E-state index is -0.863. The van der Waals surface area contributed by atoms with Crippen LogP contribution >= 0.6 is 0 Å². The monoisotopic (exact) mass is 279 g/mol. The fourth-order valence-electron chi connectivity index (χ4n) is 1.51. The molecule has 1 aromatic heterocycles. The lowest BCUT2D eigenvalue weighted by Crippen LogP contribution is -2.10. The highest BCUT2D eigenvalue weighted by Gasteiger charge is 2.21. The van der Waals surface area contributed by atoms with Gasteiger partial charge in [-0.1, -0.05) is 6.07 Å². The summed E-state index contributed by atoms with van der Waals surface area (Å²) in [7, 11) is 0. The molecule has 0 radical (unpaired) electrons. The van der Waals surface area contributed by atoms with Crippen LogP contribution in [-0.4, -0.2) is 14.9 Å². The second kappa shape index (κ2) is 5.45. The highest BCUT2D eigenvalue weighted by Crippen LogP contribution is 2.33. The Kier molecular flexibility index (Phi) is 3.71. The highest BCUT2D eigenvalue weighted by molar-refractivity contribution is 5.49. The topological polar surface area (TPSA) is 116 Å². The number of nitro groups is 1. The number of rotatable bonds is 4. The third-order valence-electron chi connectivity index (χ3n) is 2.31. The smallest absolute Gasteiger partial charge is 0.314 e. The Balaban J connectivity index is 2.44. The fraction of sp³-hybridized carbons (Fsp3) is 0.0909. The number of hydrogen-bond acceptors (Lipinski definition) is 7. The molecule has 0 aliphatic carbocycles. The number of hydrazine groups is 1. The van der Waals surface area contributed by atoms with E-state index >= 15 is 0 Å². The van der Waals surface area contributed by atoms with Crippen molar-refractivity contribution in [3.63, 3.8) is 0 Å². The van der Waals surface area contributed by atoms with E-state index in [1.165, 1.54) is 12.1 Å². The van der Waals surface area contributed by atoms with Crippen LogP contribution in [0.4, 0.5) is 15.9 Å². The van der Waals surface area contributed by atoms with Gasteiger partial charge >= 0.3 is 5.69 Å². The second-order valence-corrected chi connectivity index (χ2v) is 3.73. The Labute approximate surface area is 112 Å². The molecule has 2 rings (SSSR count). The highest BCUT2D eigenvalue weighted by atomic mass is 19.1. The van der Waals surface area contributed by atoms with E-state index in [4.69, 9.17) is 10.6 Å². The van der Waals surface area contributed by atoms with Crippen LogP contribution in [0, 0.1) is 22.9 Å². The van der Waals surface area contributed by atoms with Gasteiger partial charge in [0.2, 0.25) is 11.6 Å². The SMILES string of the molecule is Cc1nc(NN)cc(Oc2c(F)cccc2[N+](=O)[O-])n1. The van der Waals surface area contributed by atoms with Crippen LogP contribution in [0.3, 0.4) is 0 Å². The Morgan fingerprint density at radius 1 is 1.45 bits per heavy atom. The Morgan fingerprint density at radius 2 is 2.20 bits per heavy atom. The maximum absolute atomic E-state index is 13.7. The van der Waals surface area contributed by atoms with Crippen LogP contribution in [0.5, 0.6) is 11.6 Å². The summed E-state index contributed by atoms with van der Waals surface area (Å²) in [6, 6.07) is 4.70. The van der Waals surface area contributed by atoms with Gasteiger partial charge in [-0.2, -0.15) is 4.98 Å². The van der Waals surface area contributed by atoms with Crippen molar-refractivity contribution in [3.8, 4) is 11.6 Å². The van der Waals surface area contributed by atoms with E-state index in [1.54, 1.807) is 6.92 Å². The molecule has 1 aromatic carbocycles. The lowest BCUT2D eigenvalue weighted by atomic mass is 10.3. The van der Waals surface area contributed by atoms with Gasteiger partial charge in [0.1, 0.15) is 11.6 Å². The molecular formula is C11H10FN5O3. The predicted octanol–water partition coefficient (Wildman–Crippen LogP) is 1.91. The molecule has 0 spiro atoms. The molecule has 3 N–H and O–H groups in total. The fourth-order valence-corrected chi connectivity index (χ4v) is 1.51. The molecule has 20 heavy (non-hydrogen) atoms. The molecule has 0 saturated heterocycles. The van der Waals surface area contributed by atoms with Crippen molar-refractivity contribution in [3.05, 3.63) is 46.0 Å². The first-order chi connectivity index (χ1) is 9.51. The van der Waals surface area contributed by atoms with Crippen molar-refractivity contribution < 1.29 is 14.1 Å². The summed E-state index contributed by atoms with van der Waals surface area (Å²) in [5, 5.41) is 10.8. The third-order valence-corrected chi connectivity index (χ3v) is 2.31. The van der Waals surface area contributed by atoms with Gasteiger partial charge in [0.05, 0.1) is 4.92 Å². The standard InChI is InChI=1S/C11H10FN5O3/c1-6-14-9(16-13)5-10(15-6)20-11-7(12)3-2-4-8(11)17(18)19/h2-5H,13H2,1H3,(H,14,15,16). The quantitative estimate of drug-likeness (QED) is 0.498. The number of para-hydroxylation sites is 1. The molecular weight excluding hydrogens is 269 g/mol. The van der Waals surface area contributed by atoms with E-state index in [2.05, 4.69) is 15.4 Å². The first-order valence-corrected chi connectivity index (χ1v) is 5.44. The minimum absolute atomic E-state index is 0.0568. The van der Waals surface area contributed by atoms with Gasteiger partial charge in [-0.15, -0.1) is 0 Å². The maximum atomic E-state index is 13.7. The van der Waals surface area contributed by atoms with Crippen LogP contribution in [-0.2, 0) is 0 Å². The summed E-state index contributed by atoms with van der Waals surface area (Å²) < 4.78 is 18.8. The van der Waals surface area contributed by atoms with Gasteiger partial charge in [-0.25, -0.2) is 15.2 Å². The largest absolute Gasteiger partial charge is 0.428 e. The van der Waals surface area contributed by atoms with Gasteiger partial charge in [0.15, 0.2) is 5.82 Å². The molecule has 0 fully saturated rings. The number of anilines is 1. The van der Waals surface area contributed by atoms with E-state index in [9.17, 15) is 14.5 Å². The second-order valence-electron chi connectivity index (χ2n) is 3.73. The van der Waals surface area contributed by atoms with Crippen molar-refractivity contribution in [1.29, 1.82) is 0 Å². The van der Waals surface area contributed by atoms with E-state index in [0.717, 1.165) is 12.1 Å². The average molecular weight is 279 g/mol. The van der Waals surface area contributed by atoms with Gasteiger partial charge in [-0.3, -0.25) is 10.1 Å². The molecule has 0 aliphatic rings.